The van der Waals surface area contributed by atoms with Crippen LogP contribution < -0.4 is 15.8 Å². The zero-order chi connectivity index (χ0) is 15.4. The first-order valence-corrected chi connectivity index (χ1v) is 6.61. The zero-order valence-electron chi connectivity index (χ0n) is 11.3. The van der Waals surface area contributed by atoms with Crippen molar-refractivity contribution in [3.8, 4) is 5.75 Å². The number of anilines is 2. The summed E-state index contributed by atoms with van der Waals surface area (Å²) in [6, 6.07) is 10.7. The Morgan fingerprint density at radius 2 is 2.10 bits per heavy atom. The van der Waals surface area contributed by atoms with Crippen molar-refractivity contribution in [2.24, 2.45) is 0 Å². The smallest absolute Gasteiger partial charge is 0.265 e. The number of hydrogen-bond acceptors (Lipinski definition) is 3. The lowest BCUT2D eigenvalue weighted by molar-refractivity contribution is -0.122. The highest BCUT2D eigenvalue weighted by atomic mass is 35.5. The topological polar surface area (TPSA) is 64.3 Å². The molecule has 21 heavy (non-hydrogen) atoms. The number of nitrogens with one attached hydrogen (secondary N) is 1. The lowest BCUT2D eigenvalue weighted by atomic mass is 10.2. The van der Waals surface area contributed by atoms with Gasteiger partial charge in [0.25, 0.3) is 5.91 Å². The minimum atomic E-state index is -0.741. The summed E-state index contributed by atoms with van der Waals surface area (Å²) in [6.45, 7) is 1.60. The summed E-state index contributed by atoms with van der Waals surface area (Å²) in [5, 5.41) is 3.12. The second-order valence-electron chi connectivity index (χ2n) is 4.44. The van der Waals surface area contributed by atoms with Gasteiger partial charge in [0.2, 0.25) is 0 Å². The van der Waals surface area contributed by atoms with Gasteiger partial charge in [-0.3, -0.25) is 4.79 Å². The van der Waals surface area contributed by atoms with E-state index in [1.807, 2.05) is 0 Å². The highest BCUT2D eigenvalue weighted by Crippen LogP contribution is 2.20. The van der Waals surface area contributed by atoms with Crippen molar-refractivity contribution in [2.45, 2.75) is 13.0 Å². The number of carbonyl (C=O) groups excluding carboxylic acids is 1. The molecule has 0 saturated carbocycles. The van der Waals surface area contributed by atoms with Crippen LogP contribution in [-0.4, -0.2) is 12.0 Å². The molecule has 1 atom stereocenters. The van der Waals surface area contributed by atoms with Crippen molar-refractivity contribution in [1.29, 1.82) is 0 Å². The maximum Gasteiger partial charge on any atom is 0.265 e. The fourth-order valence-electron chi connectivity index (χ4n) is 1.66. The molecule has 0 saturated heterocycles. The number of halogens is 2. The first-order valence-electron chi connectivity index (χ1n) is 6.24. The van der Waals surface area contributed by atoms with E-state index >= 15 is 0 Å². The molecule has 0 aliphatic heterocycles. The Morgan fingerprint density at radius 1 is 1.33 bits per heavy atom. The van der Waals surface area contributed by atoms with Crippen LogP contribution in [0.1, 0.15) is 6.92 Å². The van der Waals surface area contributed by atoms with Gasteiger partial charge in [-0.25, -0.2) is 4.39 Å². The predicted octanol–water partition coefficient (Wildman–Crippen LogP) is 3.47. The molecule has 1 unspecified atom stereocenters. The molecule has 0 aliphatic carbocycles. The molecule has 3 N–H and O–H groups in total. The number of hydrogen-bond donors (Lipinski definition) is 2. The van der Waals surface area contributed by atoms with Crippen molar-refractivity contribution in [2.75, 3.05) is 11.1 Å². The van der Waals surface area contributed by atoms with E-state index in [4.69, 9.17) is 22.1 Å². The van der Waals surface area contributed by atoms with Gasteiger partial charge in [0.1, 0.15) is 11.6 Å². The van der Waals surface area contributed by atoms with Gasteiger partial charge in [-0.2, -0.15) is 0 Å². The quantitative estimate of drug-likeness (QED) is 0.850. The Morgan fingerprint density at radius 3 is 2.76 bits per heavy atom. The molecule has 0 bridgehead atoms. The first kappa shape index (κ1) is 15.1. The molecule has 0 spiro atoms. The van der Waals surface area contributed by atoms with Crippen LogP contribution in [0.15, 0.2) is 42.5 Å². The van der Waals surface area contributed by atoms with Crippen molar-refractivity contribution in [3.05, 3.63) is 53.3 Å². The maximum atomic E-state index is 13.0. The summed E-state index contributed by atoms with van der Waals surface area (Å²) >= 11 is 5.84. The van der Waals surface area contributed by atoms with E-state index in [0.29, 0.717) is 16.5 Å². The van der Waals surface area contributed by atoms with E-state index in [1.165, 1.54) is 18.2 Å². The molecule has 2 rings (SSSR count). The Labute approximate surface area is 126 Å². The third kappa shape index (κ3) is 4.10. The van der Waals surface area contributed by atoms with Crippen LogP contribution in [0.25, 0.3) is 0 Å². The van der Waals surface area contributed by atoms with Crippen molar-refractivity contribution in [1.82, 2.24) is 0 Å². The molecule has 0 fully saturated rings. The summed E-state index contributed by atoms with van der Waals surface area (Å²) < 4.78 is 18.5. The number of ether oxygens (including phenoxy) is 1. The van der Waals surface area contributed by atoms with Crippen LogP contribution in [0.2, 0.25) is 5.02 Å². The van der Waals surface area contributed by atoms with E-state index in [2.05, 4.69) is 5.32 Å². The minimum Gasteiger partial charge on any atom is -0.481 e. The molecule has 0 aromatic heterocycles. The number of nitrogens with two attached hydrogens (primary N) is 1. The minimum absolute atomic E-state index is 0.0313. The molecule has 1 amide bonds. The molecule has 0 heterocycles. The van der Waals surface area contributed by atoms with Crippen LogP contribution in [-0.2, 0) is 4.79 Å². The lowest BCUT2D eigenvalue weighted by Crippen LogP contribution is -2.30. The summed E-state index contributed by atoms with van der Waals surface area (Å²) in [7, 11) is 0. The second-order valence-corrected chi connectivity index (χ2v) is 4.88. The van der Waals surface area contributed by atoms with Crippen molar-refractivity contribution < 1.29 is 13.9 Å². The number of rotatable bonds is 4. The van der Waals surface area contributed by atoms with Gasteiger partial charge in [0, 0.05) is 10.7 Å². The fourth-order valence-corrected chi connectivity index (χ4v) is 1.84. The highest BCUT2D eigenvalue weighted by molar-refractivity contribution is 6.30. The maximum absolute atomic E-state index is 13.0. The standard InChI is InChI=1S/C15H14ClFN2O2/c1-9(21-12-4-2-3-10(16)7-12)15(20)19-11-5-6-13(17)14(18)8-11/h2-9H,18H2,1H3,(H,19,20). The average Bonchev–Trinajstić information content (AvgIpc) is 2.43. The highest BCUT2D eigenvalue weighted by Gasteiger charge is 2.15. The van der Waals surface area contributed by atoms with Crippen molar-refractivity contribution >= 4 is 28.9 Å². The van der Waals surface area contributed by atoms with Crippen LogP contribution in [0.3, 0.4) is 0 Å². The second kappa shape index (κ2) is 6.45. The van der Waals surface area contributed by atoms with E-state index in [9.17, 15) is 9.18 Å². The van der Waals surface area contributed by atoms with Crippen molar-refractivity contribution in [3.63, 3.8) is 0 Å². The Hall–Kier alpha value is -2.27. The number of nitrogen functional groups attached to an aromatic ring is 1. The van der Waals surface area contributed by atoms with Gasteiger partial charge in [0.15, 0.2) is 6.10 Å². The lowest BCUT2D eigenvalue weighted by Gasteiger charge is -2.15. The molecular formula is C15H14ClFN2O2. The Kier molecular flexibility index (Phi) is 4.65. The molecule has 2 aromatic carbocycles. The Balaban J connectivity index is 2.00. The SMILES string of the molecule is CC(Oc1cccc(Cl)c1)C(=O)Nc1ccc(F)c(N)c1. The zero-order valence-corrected chi connectivity index (χ0v) is 12.0. The number of benzene rings is 2. The number of amides is 1. The number of carbonyl (C=O) groups is 1. The summed E-state index contributed by atoms with van der Waals surface area (Å²) in [5.41, 5.74) is 5.81. The first-order chi connectivity index (χ1) is 9.95. The summed E-state index contributed by atoms with van der Waals surface area (Å²) in [6.07, 6.45) is -0.741. The van der Waals surface area contributed by atoms with Gasteiger partial charge in [-0.05, 0) is 43.3 Å². The average molecular weight is 309 g/mol. The Bertz CT molecular complexity index is 664. The molecule has 4 nitrogen and oxygen atoms in total. The van der Waals surface area contributed by atoms with E-state index in [1.54, 1.807) is 31.2 Å². The van der Waals surface area contributed by atoms with Gasteiger partial charge in [0.05, 0.1) is 5.69 Å². The van der Waals surface area contributed by atoms with Crippen LogP contribution in [0, 0.1) is 5.82 Å². The molecule has 0 radical (unpaired) electrons. The predicted molar refractivity (Wildman–Crippen MR) is 81.0 cm³/mol. The molecule has 2 aromatic rings. The van der Waals surface area contributed by atoms with E-state index in [0.717, 1.165) is 0 Å². The third-order valence-corrected chi connectivity index (χ3v) is 2.98. The van der Waals surface area contributed by atoms with E-state index in [-0.39, 0.29) is 11.6 Å². The third-order valence-electron chi connectivity index (χ3n) is 2.74. The fraction of sp³-hybridized carbons (Fsp3) is 0.133. The molecule has 6 heteroatoms. The van der Waals surface area contributed by atoms with Crippen LogP contribution in [0.4, 0.5) is 15.8 Å². The van der Waals surface area contributed by atoms with Gasteiger partial charge in [-0.15, -0.1) is 0 Å². The van der Waals surface area contributed by atoms with Gasteiger partial charge < -0.3 is 15.8 Å². The molecule has 110 valence electrons. The molecule has 0 aliphatic rings. The van der Waals surface area contributed by atoms with Crippen LogP contribution >= 0.6 is 11.6 Å². The van der Waals surface area contributed by atoms with Crippen LogP contribution in [0.5, 0.6) is 5.75 Å². The summed E-state index contributed by atoms with van der Waals surface area (Å²) in [4.78, 5) is 12.0. The van der Waals surface area contributed by atoms with Gasteiger partial charge in [-0.1, -0.05) is 17.7 Å². The summed E-state index contributed by atoms with van der Waals surface area (Å²) in [5.74, 6) is -0.416. The van der Waals surface area contributed by atoms with Gasteiger partial charge >= 0.3 is 0 Å². The molecular weight excluding hydrogens is 295 g/mol. The largest absolute Gasteiger partial charge is 0.481 e. The monoisotopic (exact) mass is 308 g/mol. The normalized spacial score (nSPS) is 11.8. The van der Waals surface area contributed by atoms with E-state index < -0.39 is 11.9 Å².